The van der Waals surface area contributed by atoms with Crippen molar-refractivity contribution in [2.45, 2.75) is 32.0 Å². The summed E-state index contributed by atoms with van der Waals surface area (Å²) in [4.78, 5) is 4.60. The zero-order valence-corrected chi connectivity index (χ0v) is 15.9. The summed E-state index contributed by atoms with van der Waals surface area (Å²) < 4.78 is 38.8. The van der Waals surface area contributed by atoms with Crippen molar-refractivity contribution >= 4 is 5.82 Å². The van der Waals surface area contributed by atoms with E-state index in [1.807, 2.05) is 6.07 Å². The lowest BCUT2D eigenvalue weighted by Gasteiger charge is -2.36. The lowest BCUT2D eigenvalue weighted by atomic mass is 9.92. The molecule has 0 saturated carbocycles. The van der Waals surface area contributed by atoms with E-state index < -0.39 is 17.5 Å². The van der Waals surface area contributed by atoms with Gasteiger partial charge in [0.25, 0.3) is 0 Å². The van der Waals surface area contributed by atoms with Gasteiger partial charge in [-0.15, -0.1) is 10.2 Å². The Morgan fingerprint density at radius 1 is 1.11 bits per heavy atom. The van der Waals surface area contributed by atoms with Crippen molar-refractivity contribution in [2.24, 2.45) is 5.92 Å². The topological polar surface area (TPSA) is 52.5 Å². The van der Waals surface area contributed by atoms with Crippen molar-refractivity contribution in [3.05, 3.63) is 35.4 Å². The zero-order valence-electron chi connectivity index (χ0n) is 15.9. The van der Waals surface area contributed by atoms with Gasteiger partial charge in [0.2, 0.25) is 0 Å². The molecular weight excluding hydrogens is 369 g/mol. The van der Waals surface area contributed by atoms with Gasteiger partial charge < -0.3 is 14.9 Å². The predicted octanol–water partition coefficient (Wildman–Crippen LogP) is 3.71. The van der Waals surface area contributed by atoms with Crippen LogP contribution in [0.5, 0.6) is 5.75 Å². The van der Waals surface area contributed by atoms with Crippen LogP contribution in [0.3, 0.4) is 0 Å². The molecule has 4 rings (SSSR count). The van der Waals surface area contributed by atoms with Crippen molar-refractivity contribution < 1.29 is 18.3 Å². The number of aryl methyl sites for hydroxylation is 1. The van der Waals surface area contributed by atoms with Crippen molar-refractivity contribution in [3.8, 4) is 17.0 Å². The fraction of sp³-hybridized carbons (Fsp3) is 0.500. The third-order valence-corrected chi connectivity index (χ3v) is 5.91. The second-order valence-electron chi connectivity index (χ2n) is 7.82. The number of phenols is 1. The van der Waals surface area contributed by atoms with Gasteiger partial charge in [0.05, 0.1) is 11.3 Å². The first-order valence-corrected chi connectivity index (χ1v) is 9.44. The number of piperidine rings is 1. The molecule has 5 nitrogen and oxygen atoms in total. The van der Waals surface area contributed by atoms with Gasteiger partial charge in [-0.05, 0) is 69.1 Å². The maximum atomic E-state index is 12.9. The van der Waals surface area contributed by atoms with Gasteiger partial charge in [-0.2, -0.15) is 13.2 Å². The van der Waals surface area contributed by atoms with E-state index in [0.717, 1.165) is 44.0 Å². The number of benzene rings is 1. The molecule has 1 N–H and O–H groups in total. The number of anilines is 1. The number of likely N-dealkylation sites (tertiary alicyclic amines) is 1. The van der Waals surface area contributed by atoms with Gasteiger partial charge in [0, 0.05) is 24.7 Å². The van der Waals surface area contributed by atoms with Gasteiger partial charge >= 0.3 is 6.18 Å². The Labute approximate surface area is 161 Å². The number of rotatable bonds is 2. The number of alkyl halides is 3. The summed E-state index contributed by atoms with van der Waals surface area (Å²) in [6.45, 7) is 4.57. The summed E-state index contributed by atoms with van der Waals surface area (Å²) in [7, 11) is 2.12. The lowest BCUT2D eigenvalue weighted by Crippen LogP contribution is -2.47. The van der Waals surface area contributed by atoms with Crippen LogP contribution in [0.15, 0.2) is 24.3 Å². The Kier molecular flexibility index (Phi) is 4.69. The first-order chi connectivity index (χ1) is 13.2. The largest absolute Gasteiger partial charge is 0.507 e. The highest BCUT2D eigenvalue weighted by Crippen LogP contribution is 2.39. The predicted molar refractivity (Wildman–Crippen MR) is 100 cm³/mol. The summed E-state index contributed by atoms with van der Waals surface area (Å²) in [5.74, 6) is 0.999. The Hall–Kier alpha value is -2.35. The molecule has 0 bridgehead atoms. The van der Waals surface area contributed by atoms with E-state index in [4.69, 9.17) is 0 Å². The molecule has 2 aliphatic rings. The molecule has 0 aliphatic carbocycles. The Bertz CT molecular complexity index is 846. The molecule has 8 heteroatoms. The van der Waals surface area contributed by atoms with Gasteiger partial charge in [0.15, 0.2) is 5.82 Å². The maximum absolute atomic E-state index is 12.9. The Balaban J connectivity index is 1.61. The molecule has 1 aromatic carbocycles. The quantitative estimate of drug-likeness (QED) is 0.845. The van der Waals surface area contributed by atoms with E-state index in [1.54, 1.807) is 6.07 Å². The highest BCUT2D eigenvalue weighted by atomic mass is 19.4. The summed E-state index contributed by atoms with van der Waals surface area (Å²) in [5, 5.41) is 18.7. The van der Waals surface area contributed by atoms with Gasteiger partial charge in [0.1, 0.15) is 5.75 Å². The third-order valence-electron chi connectivity index (χ3n) is 5.91. The molecule has 3 heterocycles. The van der Waals surface area contributed by atoms with Crippen LogP contribution >= 0.6 is 0 Å². The number of nitrogens with zero attached hydrogens (tertiary/aromatic N) is 4. The van der Waals surface area contributed by atoms with Crippen LogP contribution in [0.2, 0.25) is 0 Å². The minimum Gasteiger partial charge on any atom is -0.507 e. The zero-order chi connectivity index (χ0) is 20.1. The molecule has 2 saturated heterocycles. The molecule has 2 fully saturated rings. The molecule has 2 atom stereocenters. The lowest BCUT2D eigenvalue weighted by molar-refractivity contribution is -0.137. The number of hydrogen-bond acceptors (Lipinski definition) is 5. The summed E-state index contributed by atoms with van der Waals surface area (Å²) in [6.07, 6.45) is -2.18. The van der Waals surface area contributed by atoms with Gasteiger partial charge in [-0.25, -0.2) is 0 Å². The molecule has 1 aromatic heterocycles. The van der Waals surface area contributed by atoms with E-state index in [-0.39, 0.29) is 5.56 Å². The van der Waals surface area contributed by atoms with Crippen LogP contribution < -0.4 is 4.90 Å². The molecule has 0 spiro atoms. The Morgan fingerprint density at radius 3 is 2.50 bits per heavy atom. The molecule has 2 aromatic rings. The number of phenolic OH excluding ortho intramolecular Hbond substituents is 1. The number of hydrogen-bond donors (Lipinski definition) is 1. The summed E-state index contributed by atoms with van der Waals surface area (Å²) in [5.41, 5.74) is 0.0811. The van der Waals surface area contributed by atoms with E-state index >= 15 is 0 Å². The smallest absolute Gasteiger partial charge is 0.416 e. The fourth-order valence-electron chi connectivity index (χ4n) is 4.46. The highest BCUT2D eigenvalue weighted by Gasteiger charge is 2.38. The van der Waals surface area contributed by atoms with Crippen LogP contribution in [0.1, 0.15) is 24.0 Å². The SMILES string of the molecule is Cc1cc(C(F)(F)F)cc(O)c1-c1ccc(N2CCC3CCN(C)CC32)nn1. The number of fused-ring (bicyclic) bond motifs is 1. The summed E-state index contributed by atoms with van der Waals surface area (Å²) in [6, 6.07) is 5.74. The highest BCUT2D eigenvalue weighted by molar-refractivity contribution is 5.71. The first kappa shape index (κ1) is 19.0. The minimum atomic E-state index is -4.50. The van der Waals surface area contributed by atoms with Crippen LogP contribution in [0.25, 0.3) is 11.3 Å². The van der Waals surface area contributed by atoms with Crippen molar-refractivity contribution in [1.82, 2.24) is 15.1 Å². The summed E-state index contributed by atoms with van der Waals surface area (Å²) >= 11 is 0. The van der Waals surface area contributed by atoms with Crippen LogP contribution in [0.4, 0.5) is 19.0 Å². The van der Waals surface area contributed by atoms with E-state index in [2.05, 4.69) is 27.0 Å². The molecule has 28 heavy (non-hydrogen) atoms. The van der Waals surface area contributed by atoms with Crippen LogP contribution in [-0.4, -0.2) is 52.9 Å². The minimum absolute atomic E-state index is 0.281. The molecule has 150 valence electrons. The fourth-order valence-corrected chi connectivity index (χ4v) is 4.46. The second kappa shape index (κ2) is 6.92. The van der Waals surface area contributed by atoms with E-state index in [1.165, 1.54) is 13.3 Å². The standard InChI is InChI=1S/C20H23F3N4O/c1-12-9-14(20(21,22)23)10-17(28)19(12)15-3-4-18(25-24-15)27-8-6-13-5-7-26(2)11-16(13)27/h3-4,9-10,13,16,28H,5-8,11H2,1-2H3. The third kappa shape index (κ3) is 3.41. The van der Waals surface area contributed by atoms with Crippen molar-refractivity contribution in [2.75, 3.05) is 31.6 Å². The number of halogens is 3. The number of aromatic nitrogens is 2. The second-order valence-corrected chi connectivity index (χ2v) is 7.82. The van der Waals surface area contributed by atoms with Crippen molar-refractivity contribution in [3.63, 3.8) is 0 Å². The van der Waals surface area contributed by atoms with Gasteiger partial charge in [-0.1, -0.05) is 0 Å². The first-order valence-electron chi connectivity index (χ1n) is 9.44. The maximum Gasteiger partial charge on any atom is 0.416 e. The van der Waals surface area contributed by atoms with Gasteiger partial charge in [-0.3, -0.25) is 0 Å². The average Bonchev–Trinajstić information content (AvgIpc) is 3.04. The molecule has 2 unspecified atom stereocenters. The Morgan fingerprint density at radius 2 is 1.86 bits per heavy atom. The average molecular weight is 392 g/mol. The van der Waals surface area contributed by atoms with E-state index in [0.29, 0.717) is 23.2 Å². The normalized spacial score (nSPS) is 23.1. The molecule has 0 radical (unpaired) electrons. The van der Waals surface area contributed by atoms with Crippen LogP contribution in [-0.2, 0) is 6.18 Å². The van der Waals surface area contributed by atoms with Crippen LogP contribution in [0, 0.1) is 12.8 Å². The molecule has 2 aliphatic heterocycles. The monoisotopic (exact) mass is 392 g/mol. The number of likely N-dealkylation sites (N-methyl/N-ethyl adjacent to an activating group) is 1. The van der Waals surface area contributed by atoms with E-state index in [9.17, 15) is 18.3 Å². The molecule has 0 amide bonds. The van der Waals surface area contributed by atoms with Crippen molar-refractivity contribution in [1.29, 1.82) is 0 Å². The molecular formula is C20H23F3N4O. The number of aromatic hydroxyl groups is 1.